The van der Waals surface area contributed by atoms with Gasteiger partial charge in [0, 0.05) is 25.3 Å². The van der Waals surface area contributed by atoms with E-state index in [1.807, 2.05) is 0 Å². The van der Waals surface area contributed by atoms with Crippen LogP contribution < -0.4 is 4.90 Å². The fourth-order valence-corrected chi connectivity index (χ4v) is 3.35. The Kier molecular flexibility index (Phi) is 4.75. The normalized spacial score (nSPS) is 20.3. The minimum absolute atomic E-state index is 1.17. The van der Waals surface area contributed by atoms with Crippen LogP contribution in [0.25, 0.3) is 6.08 Å². The quantitative estimate of drug-likeness (QED) is 0.803. The van der Waals surface area contributed by atoms with Crippen LogP contribution in [0, 0.1) is 0 Å². The first-order valence-corrected chi connectivity index (χ1v) is 8.16. The van der Waals surface area contributed by atoms with Crippen molar-refractivity contribution < 1.29 is 0 Å². The van der Waals surface area contributed by atoms with Gasteiger partial charge in [-0.1, -0.05) is 30.4 Å². The minimum atomic E-state index is 1.17. The number of rotatable bonds is 5. The summed E-state index contributed by atoms with van der Waals surface area (Å²) in [4.78, 5) is 5.11. The van der Waals surface area contributed by atoms with Gasteiger partial charge in [-0.2, -0.15) is 0 Å². The van der Waals surface area contributed by atoms with Crippen LogP contribution >= 0.6 is 0 Å². The molecule has 2 saturated heterocycles. The zero-order valence-electron chi connectivity index (χ0n) is 12.4. The second kappa shape index (κ2) is 6.94. The third kappa shape index (κ3) is 3.43. The van der Waals surface area contributed by atoms with Crippen molar-refractivity contribution in [1.29, 1.82) is 0 Å². The largest absolute Gasteiger partial charge is 0.371 e. The third-order valence-corrected chi connectivity index (χ3v) is 4.49. The average molecular weight is 270 g/mol. The van der Waals surface area contributed by atoms with Crippen LogP contribution in [0.4, 0.5) is 5.69 Å². The Morgan fingerprint density at radius 3 is 2.40 bits per heavy atom. The first-order chi connectivity index (χ1) is 9.93. The topological polar surface area (TPSA) is 6.48 Å². The second-order valence-electron chi connectivity index (χ2n) is 5.99. The molecule has 1 aromatic carbocycles. The maximum atomic E-state index is 2.58. The number of nitrogens with zero attached hydrogens (tertiary/aromatic N) is 2. The molecule has 0 aromatic heterocycles. The lowest BCUT2D eigenvalue weighted by atomic mass is 10.1. The maximum absolute atomic E-state index is 2.58. The van der Waals surface area contributed by atoms with Gasteiger partial charge >= 0.3 is 0 Å². The molecule has 0 bridgehead atoms. The summed E-state index contributed by atoms with van der Waals surface area (Å²) in [5, 5.41) is 0. The molecule has 0 unspecified atom stereocenters. The van der Waals surface area contributed by atoms with Gasteiger partial charge in [0.05, 0.1) is 0 Å². The van der Waals surface area contributed by atoms with E-state index in [9.17, 15) is 0 Å². The fraction of sp³-hybridized carbons (Fsp3) is 0.556. The van der Waals surface area contributed by atoms with Crippen molar-refractivity contribution in [2.75, 3.05) is 37.6 Å². The Balaban J connectivity index is 1.58. The van der Waals surface area contributed by atoms with Gasteiger partial charge in [0.1, 0.15) is 0 Å². The molecule has 20 heavy (non-hydrogen) atoms. The number of hydrogen-bond donors (Lipinski definition) is 0. The van der Waals surface area contributed by atoms with Gasteiger partial charge < -0.3 is 9.80 Å². The summed E-state index contributed by atoms with van der Waals surface area (Å²) in [5.74, 6) is 0. The monoisotopic (exact) mass is 270 g/mol. The molecule has 108 valence electrons. The van der Waals surface area contributed by atoms with E-state index in [1.165, 1.54) is 76.1 Å². The second-order valence-corrected chi connectivity index (χ2v) is 5.99. The van der Waals surface area contributed by atoms with Gasteiger partial charge in [0.2, 0.25) is 0 Å². The first-order valence-electron chi connectivity index (χ1n) is 8.16. The summed E-state index contributed by atoms with van der Waals surface area (Å²) in [5.41, 5.74) is 2.80. The Bertz CT molecular complexity index is 440. The van der Waals surface area contributed by atoms with Crippen LogP contribution in [0.2, 0.25) is 0 Å². The summed E-state index contributed by atoms with van der Waals surface area (Å²) in [6.07, 6.45) is 11.3. The van der Waals surface area contributed by atoms with Crippen molar-refractivity contribution in [2.24, 2.45) is 0 Å². The van der Waals surface area contributed by atoms with Crippen LogP contribution in [0.5, 0.6) is 0 Å². The van der Waals surface area contributed by atoms with Gasteiger partial charge in [0.15, 0.2) is 0 Å². The lowest BCUT2D eigenvalue weighted by Gasteiger charge is -2.20. The van der Waals surface area contributed by atoms with E-state index in [1.54, 1.807) is 0 Å². The van der Waals surface area contributed by atoms with E-state index in [-0.39, 0.29) is 0 Å². The highest BCUT2D eigenvalue weighted by Gasteiger charge is 2.14. The molecule has 3 rings (SSSR count). The Hall–Kier alpha value is -1.28. The van der Waals surface area contributed by atoms with E-state index in [2.05, 4.69) is 46.2 Å². The van der Waals surface area contributed by atoms with E-state index >= 15 is 0 Å². The predicted molar refractivity (Wildman–Crippen MR) is 87.2 cm³/mol. The van der Waals surface area contributed by atoms with Crippen LogP contribution in [-0.4, -0.2) is 37.6 Å². The van der Waals surface area contributed by atoms with Crippen molar-refractivity contribution in [3.8, 4) is 0 Å². The highest BCUT2D eigenvalue weighted by molar-refractivity contribution is 5.67. The Labute approximate surface area is 123 Å². The van der Waals surface area contributed by atoms with Crippen LogP contribution in [0.3, 0.4) is 0 Å². The number of hydrogen-bond acceptors (Lipinski definition) is 2. The first kappa shape index (κ1) is 13.7. The molecule has 0 atom stereocenters. The molecule has 0 radical (unpaired) electrons. The molecule has 0 spiro atoms. The Morgan fingerprint density at radius 1 is 0.900 bits per heavy atom. The van der Waals surface area contributed by atoms with Gasteiger partial charge in [-0.25, -0.2) is 0 Å². The zero-order valence-corrected chi connectivity index (χ0v) is 12.4. The van der Waals surface area contributed by atoms with E-state index < -0.39 is 0 Å². The van der Waals surface area contributed by atoms with Gasteiger partial charge in [0.25, 0.3) is 0 Å². The standard InChI is InChI=1S/C18H26N2/c1-2-11-18(20-15-7-8-16-20)17(9-1)10-3-4-12-19-13-5-6-14-19/h1-3,9-11H,4-8,12-16H2. The van der Waals surface area contributed by atoms with Crippen molar-refractivity contribution >= 4 is 11.8 Å². The van der Waals surface area contributed by atoms with E-state index in [0.29, 0.717) is 0 Å². The highest BCUT2D eigenvalue weighted by atomic mass is 15.1. The molecule has 2 aliphatic rings. The van der Waals surface area contributed by atoms with E-state index in [4.69, 9.17) is 0 Å². The number of benzene rings is 1. The van der Waals surface area contributed by atoms with Gasteiger partial charge in [-0.15, -0.1) is 0 Å². The average Bonchev–Trinajstić information content (AvgIpc) is 3.17. The van der Waals surface area contributed by atoms with E-state index in [0.717, 1.165) is 0 Å². The predicted octanol–water partition coefficient (Wildman–Crippen LogP) is 3.79. The number of likely N-dealkylation sites (tertiary alicyclic amines) is 1. The summed E-state index contributed by atoms with van der Waals surface area (Å²) in [6.45, 7) is 6.27. The molecule has 0 N–H and O–H groups in total. The Morgan fingerprint density at radius 2 is 1.60 bits per heavy atom. The summed E-state index contributed by atoms with van der Waals surface area (Å²) >= 11 is 0. The highest BCUT2D eigenvalue weighted by Crippen LogP contribution is 2.25. The summed E-state index contributed by atoms with van der Waals surface area (Å²) < 4.78 is 0. The van der Waals surface area contributed by atoms with Crippen molar-refractivity contribution in [3.63, 3.8) is 0 Å². The van der Waals surface area contributed by atoms with Crippen LogP contribution in [0.15, 0.2) is 30.3 Å². The number of anilines is 1. The van der Waals surface area contributed by atoms with Gasteiger partial charge in [-0.05, 0) is 56.8 Å². The molecule has 2 aliphatic heterocycles. The molecule has 1 aromatic rings. The molecular weight excluding hydrogens is 244 g/mol. The van der Waals surface area contributed by atoms with Crippen molar-refractivity contribution in [2.45, 2.75) is 32.1 Å². The third-order valence-electron chi connectivity index (χ3n) is 4.49. The van der Waals surface area contributed by atoms with Crippen LogP contribution in [-0.2, 0) is 0 Å². The zero-order chi connectivity index (χ0) is 13.6. The molecule has 0 aliphatic carbocycles. The smallest absolute Gasteiger partial charge is 0.0439 e. The van der Waals surface area contributed by atoms with Crippen LogP contribution in [0.1, 0.15) is 37.7 Å². The lowest BCUT2D eigenvalue weighted by molar-refractivity contribution is 0.346. The molecule has 2 heterocycles. The molecular formula is C18H26N2. The van der Waals surface area contributed by atoms with Crippen molar-refractivity contribution in [3.05, 3.63) is 35.9 Å². The lowest BCUT2D eigenvalue weighted by Crippen LogP contribution is -2.19. The fourth-order valence-electron chi connectivity index (χ4n) is 3.35. The molecule has 0 saturated carbocycles. The summed E-state index contributed by atoms with van der Waals surface area (Å²) in [6, 6.07) is 8.83. The van der Waals surface area contributed by atoms with Crippen molar-refractivity contribution in [1.82, 2.24) is 4.90 Å². The molecule has 0 amide bonds. The molecule has 2 heteroatoms. The van der Waals surface area contributed by atoms with Gasteiger partial charge in [-0.3, -0.25) is 0 Å². The SMILES string of the molecule is C(=Cc1ccccc1N1CCCC1)CCN1CCCC1. The summed E-state index contributed by atoms with van der Waals surface area (Å²) in [7, 11) is 0. The molecule has 2 fully saturated rings. The molecule has 2 nitrogen and oxygen atoms in total. The maximum Gasteiger partial charge on any atom is 0.0439 e. The minimum Gasteiger partial charge on any atom is -0.371 e. The number of para-hydroxylation sites is 1.